The zero-order valence-electron chi connectivity index (χ0n) is 17.2. The zero-order chi connectivity index (χ0) is 21.1. The number of nitrogens with zero attached hydrogens (tertiary/aromatic N) is 7. The maximum atomic E-state index is 12.7. The Morgan fingerprint density at radius 2 is 2.00 bits per heavy atom. The molecule has 3 aromatic heterocycles. The van der Waals surface area contributed by atoms with Crippen molar-refractivity contribution in [3.05, 3.63) is 59.0 Å². The van der Waals surface area contributed by atoms with Gasteiger partial charge in [0.1, 0.15) is 18.6 Å². The molecule has 31 heavy (non-hydrogen) atoms. The number of aromatic nitrogens is 6. The third kappa shape index (κ3) is 2.89. The number of hydrogen-bond acceptors (Lipinski definition) is 8. The topological polar surface area (TPSA) is 104 Å². The average molecular weight is 419 g/mol. The van der Waals surface area contributed by atoms with Crippen LogP contribution in [0.2, 0.25) is 0 Å². The molecule has 4 aromatic rings. The quantitative estimate of drug-likeness (QED) is 0.478. The first-order chi connectivity index (χ1) is 15.1. The summed E-state index contributed by atoms with van der Waals surface area (Å²) in [6, 6.07) is 8.15. The van der Waals surface area contributed by atoms with Gasteiger partial charge in [0, 0.05) is 37.8 Å². The largest absolute Gasteiger partial charge is 0.497 e. The van der Waals surface area contributed by atoms with Crippen LogP contribution in [0.5, 0.6) is 5.75 Å². The Hall–Kier alpha value is -3.69. The van der Waals surface area contributed by atoms with Crippen LogP contribution in [0.3, 0.4) is 0 Å². The monoisotopic (exact) mass is 419 g/mol. The van der Waals surface area contributed by atoms with Crippen LogP contribution in [0.1, 0.15) is 17.6 Å². The van der Waals surface area contributed by atoms with Gasteiger partial charge < -0.3 is 18.7 Å². The molecule has 1 unspecified atom stereocenters. The van der Waals surface area contributed by atoms with Gasteiger partial charge >= 0.3 is 0 Å². The molecule has 1 saturated carbocycles. The van der Waals surface area contributed by atoms with E-state index < -0.39 is 0 Å². The summed E-state index contributed by atoms with van der Waals surface area (Å²) in [6.07, 6.45) is 3.05. The summed E-state index contributed by atoms with van der Waals surface area (Å²) in [6.45, 7) is 2.12. The summed E-state index contributed by atoms with van der Waals surface area (Å²) in [5.74, 6) is 3.37. The lowest BCUT2D eigenvalue weighted by Crippen LogP contribution is -2.23. The third-order valence-corrected chi connectivity index (χ3v) is 6.40. The number of ether oxygens (including phenoxy) is 1. The van der Waals surface area contributed by atoms with Gasteiger partial charge in [0.2, 0.25) is 5.89 Å². The number of benzene rings is 1. The number of rotatable bonds is 5. The van der Waals surface area contributed by atoms with E-state index in [1.165, 1.54) is 16.6 Å². The van der Waals surface area contributed by atoms with E-state index in [-0.39, 0.29) is 12.1 Å². The minimum atomic E-state index is -0.179. The highest BCUT2D eigenvalue weighted by Gasteiger charge is 2.58. The summed E-state index contributed by atoms with van der Waals surface area (Å²) in [7, 11) is 3.46. The molecule has 1 aliphatic carbocycles. The van der Waals surface area contributed by atoms with Crippen LogP contribution < -0.4 is 15.2 Å². The SMILES string of the molecule is COc1cccc(N2C[C@@H]3C(c4noc(Cn5cnc6ncn(C)c6c5=O)n4)[C@@H]3C2)c1. The first-order valence-electron chi connectivity index (χ1n) is 10.2. The first kappa shape index (κ1) is 18.1. The van der Waals surface area contributed by atoms with E-state index in [9.17, 15) is 4.79 Å². The molecule has 6 rings (SSSR count). The summed E-state index contributed by atoms with van der Waals surface area (Å²) in [5, 5.41) is 4.20. The molecule has 0 bridgehead atoms. The van der Waals surface area contributed by atoms with Crippen LogP contribution in [0, 0.1) is 11.8 Å². The van der Waals surface area contributed by atoms with Gasteiger partial charge in [0.25, 0.3) is 5.56 Å². The second-order valence-corrected chi connectivity index (χ2v) is 8.21. The van der Waals surface area contributed by atoms with Gasteiger partial charge in [0.15, 0.2) is 17.0 Å². The van der Waals surface area contributed by atoms with Gasteiger partial charge in [-0.2, -0.15) is 4.98 Å². The number of aryl methyl sites for hydroxylation is 1. The molecule has 1 aromatic carbocycles. The van der Waals surface area contributed by atoms with Crippen LogP contribution in [0.15, 0.2) is 46.2 Å². The standard InChI is InChI=1S/C21H21N7O3/c1-26-10-22-20-18(26)21(29)28(11-23-20)9-16-24-19(25-31-16)17-14-7-27(8-15(14)17)12-4-3-5-13(6-12)30-2/h3-6,10-11,14-15,17H,7-9H2,1-2H3/t14-,15+,17?. The van der Waals surface area contributed by atoms with Crippen LogP contribution in [-0.2, 0) is 13.6 Å². The summed E-state index contributed by atoms with van der Waals surface area (Å²) in [5.41, 5.74) is 1.89. The van der Waals surface area contributed by atoms with Crippen molar-refractivity contribution in [1.29, 1.82) is 0 Å². The van der Waals surface area contributed by atoms with Crippen molar-refractivity contribution < 1.29 is 9.26 Å². The van der Waals surface area contributed by atoms with E-state index in [0.29, 0.717) is 34.8 Å². The van der Waals surface area contributed by atoms with Gasteiger partial charge in [-0.1, -0.05) is 11.2 Å². The van der Waals surface area contributed by atoms with E-state index in [2.05, 4.69) is 37.1 Å². The highest BCUT2D eigenvalue weighted by molar-refractivity contribution is 5.68. The van der Waals surface area contributed by atoms with Crippen molar-refractivity contribution in [3.8, 4) is 5.75 Å². The third-order valence-electron chi connectivity index (χ3n) is 6.40. The van der Waals surface area contributed by atoms with Crippen LogP contribution in [-0.4, -0.2) is 49.4 Å². The second kappa shape index (κ2) is 6.66. The van der Waals surface area contributed by atoms with Crippen molar-refractivity contribution in [3.63, 3.8) is 0 Å². The Morgan fingerprint density at radius 3 is 2.81 bits per heavy atom. The summed E-state index contributed by atoms with van der Waals surface area (Å²) in [4.78, 5) is 28.0. The van der Waals surface area contributed by atoms with Crippen molar-refractivity contribution >= 4 is 16.9 Å². The van der Waals surface area contributed by atoms with E-state index in [0.717, 1.165) is 24.7 Å². The number of piperidine rings is 1. The first-order valence-corrected chi connectivity index (χ1v) is 10.2. The summed E-state index contributed by atoms with van der Waals surface area (Å²) >= 11 is 0. The Balaban J connectivity index is 1.16. The maximum absolute atomic E-state index is 12.7. The molecule has 1 saturated heterocycles. The van der Waals surface area contributed by atoms with Crippen molar-refractivity contribution in [2.75, 3.05) is 25.1 Å². The fourth-order valence-electron chi connectivity index (χ4n) is 4.73. The highest BCUT2D eigenvalue weighted by Crippen LogP contribution is 2.58. The fourth-order valence-corrected chi connectivity index (χ4v) is 4.73. The maximum Gasteiger partial charge on any atom is 0.280 e. The normalized spacial score (nSPS) is 22.1. The van der Waals surface area contributed by atoms with Crippen LogP contribution in [0.25, 0.3) is 11.2 Å². The van der Waals surface area contributed by atoms with Crippen LogP contribution >= 0.6 is 0 Å². The van der Waals surface area contributed by atoms with E-state index in [4.69, 9.17) is 9.26 Å². The lowest BCUT2D eigenvalue weighted by Gasteiger charge is -2.21. The van der Waals surface area contributed by atoms with Gasteiger partial charge in [0.05, 0.1) is 13.4 Å². The zero-order valence-corrected chi connectivity index (χ0v) is 17.2. The van der Waals surface area contributed by atoms with Crippen molar-refractivity contribution in [2.24, 2.45) is 18.9 Å². The van der Waals surface area contributed by atoms with E-state index in [1.54, 1.807) is 25.1 Å². The lowest BCUT2D eigenvalue weighted by molar-refractivity contribution is 0.363. The molecule has 3 atom stereocenters. The van der Waals surface area contributed by atoms with Gasteiger partial charge in [-0.3, -0.25) is 9.36 Å². The minimum absolute atomic E-state index is 0.179. The Kier molecular flexibility index (Phi) is 3.89. The lowest BCUT2D eigenvalue weighted by atomic mass is 10.2. The minimum Gasteiger partial charge on any atom is -0.497 e. The molecule has 4 heterocycles. The highest BCUT2D eigenvalue weighted by atomic mass is 16.5. The van der Waals surface area contributed by atoms with Crippen molar-refractivity contribution in [1.82, 2.24) is 29.2 Å². The van der Waals surface area contributed by atoms with Gasteiger partial charge in [-0.15, -0.1) is 0 Å². The molecule has 0 spiro atoms. The number of hydrogen-bond donors (Lipinski definition) is 0. The number of imidazole rings is 1. The number of fused-ring (bicyclic) bond motifs is 2. The number of anilines is 1. The molecule has 0 radical (unpaired) electrons. The Morgan fingerprint density at radius 1 is 1.19 bits per heavy atom. The molecule has 1 aliphatic heterocycles. The molecule has 0 N–H and O–H groups in total. The molecule has 0 amide bonds. The predicted molar refractivity (Wildman–Crippen MR) is 111 cm³/mol. The summed E-state index contributed by atoms with van der Waals surface area (Å²) < 4.78 is 13.9. The number of methoxy groups -OCH3 is 1. The Bertz CT molecular complexity index is 1330. The molecule has 2 fully saturated rings. The van der Waals surface area contributed by atoms with Gasteiger partial charge in [-0.25, -0.2) is 9.97 Å². The molecular formula is C21H21N7O3. The molecular weight excluding hydrogens is 398 g/mol. The molecule has 158 valence electrons. The molecule has 10 heteroatoms. The fraction of sp³-hybridized carbons (Fsp3) is 0.381. The van der Waals surface area contributed by atoms with Crippen molar-refractivity contribution in [2.45, 2.75) is 12.5 Å². The average Bonchev–Trinajstić information content (AvgIpc) is 3.21. The molecule has 2 aliphatic rings. The van der Waals surface area contributed by atoms with Crippen LogP contribution in [0.4, 0.5) is 5.69 Å². The molecule has 10 nitrogen and oxygen atoms in total. The van der Waals surface area contributed by atoms with E-state index in [1.807, 2.05) is 12.1 Å². The van der Waals surface area contributed by atoms with E-state index >= 15 is 0 Å². The predicted octanol–water partition coefficient (Wildman–Crippen LogP) is 1.42. The Labute approximate surface area is 177 Å². The van der Waals surface area contributed by atoms with Gasteiger partial charge in [-0.05, 0) is 24.0 Å². The second-order valence-electron chi connectivity index (χ2n) is 8.21. The smallest absolute Gasteiger partial charge is 0.280 e.